The van der Waals surface area contributed by atoms with E-state index in [1.54, 1.807) is 0 Å². The lowest BCUT2D eigenvalue weighted by Gasteiger charge is -2.43. The molecule has 0 aromatic rings. The summed E-state index contributed by atoms with van der Waals surface area (Å²) >= 11 is 0. The second-order valence-electron chi connectivity index (χ2n) is 6.84. The topological polar surface area (TPSA) is 18.5 Å². The van der Waals surface area contributed by atoms with Crippen molar-refractivity contribution in [2.75, 3.05) is 13.2 Å². The fraction of sp³-hybridized carbons (Fsp3) is 0.700. The fourth-order valence-corrected chi connectivity index (χ4v) is 4.28. The molecule has 1 aliphatic carbocycles. The predicted octanol–water partition coefficient (Wildman–Crippen LogP) is 4.72. The second-order valence-corrected chi connectivity index (χ2v) is 6.84. The van der Waals surface area contributed by atoms with E-state index < -0.39 is 5.79 Å². The molecule has 0 aromatic heterocycles. The molecule has 1 aliphatic heterocycles. The van der Waals surface area contributed by atoms with Gasteiger partial charge in [-0.1, -0.05) is 25.2 Å². The van der Waals surface area contributed by atoms with Crippen LogP contribution in [0.15, 0.2) is 24.8 Å². The Morgan fingerprint density at radius 3 is 2.73 bits per heavy atom. The Labute approximate surface area is 136 Å². The standard InChI is InChI=1S/C20H30O2/c1-5-8-10-17(7-3)16-19(4)18(11-9-6-2)12-13-20(19)21-14-15-22-20/h3,5-6,9,17-18H,1,8,10-16H2,2,4H3/b9-6-/t17?,18-,19+/m0/s1. The monoisotopic (exact) mass is 302 g/mol. The first-order valence-corrected chi connectivity index (χ1v) is 8.58. The number of hydrogen-bond acceptors (Lipinski definition) is 2. The van der Waals surface area contributed by atoms with Gasteiger partial charge in [0, 0.05) is 17.8 Å². The van der Waals surface area contributed by atoms with Crippen molar-refractivity contribution in [3.63, 3.8) is 0 Å². The van der Waals surface area contributed by atoms with Gasteiger partial charge in [0.2, 0.25) is 0 Å². The number of rotatable bonds is 7. The molecule has 2 fully saturated rings. The lowest BCUT2D eigenvalue weighted by molar-refractivity contribution is -0.228. The number of allylic oxidation sites excluding steroid dienone is 3. The molecular formula is C20H30O2. The van der Waals surface area contributed by atoms with Crippen LogP contribution in [0.25, 0.3) is 0 Å². The van der Waals surface area contributed by atoms with Crippen LogP contribution in [-0.4, -0.2) is 19.0 Å². The van der Waals surface area contributed by atoms with E-state index in [4.69, 9.17) is 15.9 Å². The Kier molecular flexibility index (Phi) is 5.89. The maximum absolute atomic E-state index is 6.14. The van der Waals surface area contributed by atoms with Gasteiger partial charge < -0.3 is 9.47 Å². The molecule has 0 aromatic carbocycles. The molecule has 1 heterocycles. The summed E-state index contributed by atoms with van der Waals surface area (Å²) in [6.45, 7) is 9.64. The van der Waals surface area contributed by atoms with Crippen molar-refractivity contribution in [3.05, 3.63) is 24.8 Å². The average Bonchev–Trinajstić information content (AvgIpc) is 3.10. The van der Waals surface area contributed by atoms with Crippen molar-refractivity contribution in [1.29, 1.82) is 0 Å². The van der Waals surface area contributed by atoms with E-state index in [9.17, 15) is 0 Å². The Morgan fingerprint density at radius 1 is 1.41 bits per heavy atom. The van der Waals surface area contributed by atoms with Crippen molar-refractivity contribution < 1.29 is 9.47 Å². The van der Waals surface area contributed by atoms with Crippen molar-refractivity contribution in [2.45, 2.75) is 58.2 Å². The maximum atomic E-state index is 6.14. The van der Waals surface area contributed by atoms with Crippen LogP contribution in [0, 0.1) is 29.6 Å². The van der Waals surface area contributed by atoms with Crippen LogP contribution in [-0.2, 0) is 9.47 Å². The molecule has 2 aliphatic rings. The van der Waals surface area contributed by atoms with Crippen LogP contribution in [0.1, 0.15) is 52.4 Å². The van der Waals surface area contributed by atoms with Crippen LogP contribution in [0.2, 0.25) is 0 Å². The zero-order valence-corrected chi connectivity index (χ0v) is 14.1. The first-order chi connectivity index (χ1) is 10.6. The Hall–Kier alpha value is -1.04. The number of terminal acetylenes is 1. The zero-order valence-electron chi connectivity index (χ0n) is 14.1. The lowest BCUT2D eigenvalue weighted by Crippen LogP contribution is -2.47. The van der Waals surface area contributed by atoms with E-state index in [-0.39, 0.29) is 11.3 Å². The number of ether oxygens (including phenoxy) is 2. The molecule has 1 unspecified atom stereocenters. The summed E-state index contributed by atoms with van der Waals surface area (Å²) in [5.41, 5.74) is -0.0127. The molecule has 0 radical (unpaired) electrons. The minimum absolute atomic E-state index is 0.0127. The molecule has 0 N–H and O–H groups in total. The number of hydrogen-bond donors (Lipinski definition) is 0. The third kappa shape index (κ3) is 3.16. The first-order valence-electron chi connectivity index (χ1n) is 8.58. The third-order valence-electron chi connectivity index (χ3n) is 5.63. The highest BCUT2D eigenvalue weighted by Crippen LogP contribution is 2.59. The van der Waals surface area contributed by atoms with Crippen LogP contribution < -0.4 is 0 Å². The highest BCUT2D eigenvalue weighted by atomic mass is 16.7. The van der Waals surface area contributed by atoms with Crippen LogP contribution in [0.4, 0.5) is 0 Å². The van der Waals surface area contributed by atoms with Gasteiger partial charge in [-0.3, -0.25) is 0 Å². The van der Waals surface area contributed by atoms with Crippen molar-refractivity contribution in [2.24, 2.45) is 17.3 Å². The van der Waals surface area contributed by atoms with Crippen LogP contribution in [0.5, 0.6) is 0 Å². The summed E-state index contributed by atoms with van der Waals surface area (Å²) in [4.78, 5) is 0. The molecule has 2 heteroatoms. The summed E-state index contributed by atoms with van der Waals surface area (Å²) in [7, 11) is 0. The Bertz CT molecular complexity index is 439. The minimum Gasteiger partial charge on any atom is -0.347 e. The van der Waals surface area contributed by atoms with Gasteiger partial charge in [0.15, 0.2) is 5.79 Å². The predicted molar refractivity (Wildman–Crippen MR) is 91.3 cm³/mol. The SMILES string of the molecule is C#CC(CCC=C)C[C@]1(C)[C@@H](C/C=C\C)CCC12OCCO2. The fourth-order valence-electron chi connectivity index (χ4n) is 4.28. The van der Waals surface area contributed by atoms with Gasteiger partial charge in [0.25, 0.3) is 0 Å². The highest BCUT2D eigenvalue weighted by Gasteiger charge is 2.60. The van der Waals surface area contributed by atoms with Crippen LogP contribution in [0.3, 0.4) is 0 Å². The van der Waals surface area contributed by atoms with Gasteiger partial charge in [0.1, 0.15) is 0 Å². The van der Waals surface area contributed by atoms with Gasteiger partial charge in [0.05, 0.1) is 13.2 Å². The second kappa shape index (κ2) is 7.49. The molecule has 1 spiro atoms. The molecule has 22 heavy (non-hydrogen) atoms. The molecule has 1 saturated heterocycles. The lowest BCUT2D eigenvalue weighted by atomic mass is 9.68. The molecule has 0 bridgehead atoms. The highest BCUT2D eigenvalue weighted by molar-refractivity contribution is 5.09. The van der Waals surface area contributed by atoms with Crippen LogP contribution >= 0.6 is 0 Å². The Balaban J connectivity index is 2.20. The van der Waals surface area contributed by atoms with Gasteiger partial charge in [-0.25, -0.2) is 0 Å². The maximum Gasteiger partial charge on any atom is 0.174 e. The van der Waals surface area contributed by atoms with E-state index in [1.807, 2.05) is 6.08 Å². The molecule has 0 amide bonds. The van der Waals surface area contributed by atoms with Crippen molar-refractivity contribution in [1.82, 2.24) is 0 Å². The van der Waals surface area contributed by atoms with Gasteiger partial charge in [-0.2, -0.15) is 0 Å². The van der Waals surface area contributed by atoms with E-state index in [2.05, 4.69) is 38.5 Å². The summed E-state index contributed by atoms with van der Waals surface area (Å²) in [5.74, 6) is 3.41. The van der Waals surface area contributed by atoms with E-state index >= 15 is 0 Å². The summed E-state index contributed by atoms with van der Waals surface area (Å²) < 4.78 is 12.3. The van der Waals surface area contributed by atoms with E-state index in [1.165, 1.54) is 0 Å². The first kappa shape index (κ1) is 17.3. The quantitative estimate of drug-likeness (QED) is 0.500. The molecule has 2 nitrogen and oxygen atoms in total. The van der Waals surface area contributed by atoms with Gasteiger partial charge in [-0.15, -0.1) is 18.9 Å². The minimum atomic E-state index is -0.414. The molecule has 3 atom stereocenters. The molecule has 122 valence electrons. The van der Waals surface area contributed by atoms with E-state index in [0.29, 0.717) is 19.1 Å². The smallest absolute Gasteiger partial charge is 0.174 e. The molecular weight excluding hydrogens is 272 g/mol. The summed E-state index contributed by atoms with van der Waals surface area (Å²) in [6.07, 6.45) is 18.3. The van der Waals surface area contributed by atoms with E-state index in [0.717, 1.165) is 38.5 Å². The third-order valence-corrected chi connectivity index (χ3v) is 5.63. The zero-order chi connectivity index (χ0) is 16.1. The molecule has 1 saturated carbocycles. The largest absolute Gasteiger partial charge is 0.347 e. The van der Waals surface area contributed by atoms with Crippen molar-refractivity contribution in [3.8, 4) is 12.3 Å². The van der Waals surface area contributed by atoms with Gasteiger partial charge in [-0.05, 0) is 44.9 Å². The molecule has 2 rings (SSSR count). The van der Waals surface area contributed by atoms with Gasteiger partial charge >= 0.3 is 0 Å². The summed E-state index contributed by atoms with van der Waals surface area (Å²) in [6, 6.07) is 0. The summed E-state index contributed by atoms with van der Waals surface area (Å²) in [5, 5.41) is 0. The Morgan fingerprint density at radius 2 is 2.14 bits per heavy atom. The van der Waals surface area contributed by atoms with Crippen molar-refractivity contribution >= 4 is 0 Å². The normalized spacial score (nSPS) is 31.6. The average molecular weight is 302 g/mol.